The van der Waals surface area contributed by atoms with E-state index in [1.54, 1.807) is 29.5 Å². The second kappa shape index (κ2) is 8.74. The molecule has 2 saturated heterocycles. The van der Waals surface area contributed by atoms with Gasteiger partial charge >= 0.3 is 17.9 Å². The van der Waals surface area contributed by atoms with Crippen molar-refractivity contribution in [3.63, 3.8) is 0 Å². The zero-order valence-electron chi connectivity index (χ0n) is 20.2. The molecule has 0 unspecified atom stereocenters. The fraction of sp³-hybridized carbons (Fsp3) is 0.333. The molecule has 2 aliphatic rings. The number of carbonyl (C=O) groups is 2. The van der Waals surface area contributed by atoms with E-state index in [1.165, 1.54) is 17.9 Å². The Morgan fingerprint density at radius 3 is 2.62 bits per heavy atom. The molecule has 2 N–H and O–H groups in total. The van der Waals surface area contributed by atoms with Crippen molar-refractivity contribution < 1.29 is 33.3 Å². The van der Waals surface area contributed by atoms with Crippen LogP contribution in [0.25, 0.3) is 21.0 Å². The van der Waals surface area contributed by atoms with Crippen molar-refractivity contribution in [3.8, 4) is 5.75 Å². The summed E-state index contributed by atoms with van der Waals surface area (Å²) in [4.78, 5) is 30.3. The Hall–Kier alpha value is -3.63. The van der Waals surface area contributed by atoms with Gasteiger partial charge in [0.1, 0.15) is 17.4 Å². The van der Waals surface area contributed by atoms with Crippen LogP contribution in [0, 0.1) is 5.82 Å². The van der Waals surface area contributed by atoms with Crippen LogP contribution in [0.1, 0.15) is 37.5 Å². The lowest BCUT2D eigenvalue weighted by Crippen LogP contribution is -2.47. The van der Waals surface area contributed by atoms with Crippen molar-refractivity contribution in [1.82, 2.24) is 4.98 Å². The van der Waals surface area contributed by atoms with Gasteiger partial charge in [-0.15, -0.1) is 11.3 Å². The second-order valence-electron chi connectivity index (χ2n) is 9.60. The summed E-state index contributed by atoms with van der Waals surface area (Å²) in [5.41, 5.74) is 0.776. The number of thiophene rings is 1. The van der Waals surface area contributed by atoms with Crippen molar-refractivity contribution in [3.05, 3.63) is 59.2 Å². The Kier molecular flexibility index (Phi) is 5.61. The van der Waals surface area contributed by atoms with Crippen LogP contribution in [0.5, 0.6) is 5.75 Å². The molecule has 8 nitrogen and oxygen atoms in total. The quantitative estimate of drug-likeness (QED) is 0.286. The number of aliphatic hydroxyl groups is 1. The molecule has 0 bridgehead atoms. The Labute approximate surface area is 215 Å². The highest BCUT2D eigenvalue weighted by molar-refractivity contribution is 7.19. The van der Waals surface area contributed by atoms with Crippen LogP contribution in [-0.4, -0.2) is 46.7 Å². The molecule has 37 heavy (non-hydrogen) atoms. The molecule has 4 heterocycles. The Morgan fingerprint density at radius 2 is 1.92 bits per heavy atom. The third-order valence-electron chi connectivity index (χ3n) is 7.13. The number of anilines is 1. The lowest BCUT2D eigenvalue weighted by Gasteiger charge is -2.38. The second-order valence-corrected chi connectivity index (χ2v) is 10.7. The monoisotopic (exact) mass is 524 g/mol. The third kappa shape index (κ3) is 4.00. The van der Waals surface area contributed by atoms with E-state index < -0.39 is 24.0 Å². The highest BCUT2D eigenvalue weighted by Gasteiger charge is 2.56. The van der Waals surface area contributed by atoms with Gasteiger partial charge in [0.2, 0.25) is 0 Å². The first-order valence-electron chi connectivity index (χ1n) is 12.1. The number of fused-ring (bicyclic) bond motifs is 2. The van der Waals surface area contributed by atoms with Crippen molar-refractivity contribution >= 4 is 50.1 Å². The Bertz CT molecular complexity index is 1510. The van der Waals surface area contributed by atoms with E-state index in [-0.39, 0.29) is 11.9 Å². The molecule has 2 fully saturated rings. The summed E-state index contributed by atoms with van der Waals surface area (Å²) >= 11 is 1.67. The van der Waals surface area contributed by atoms with E-state index in [4.69, 9.17) is 14.2 Å². The number of cyclic esters (lactones) is 2. The van der Waals surface area contributed by atoms with Gasteiger partial charge in [-0.05, 0) is 69.0 Å². The average Bonchev–Trinajstić information content (AvgIpc) is 3.56. The number of hydrogen-bond donors (Lipinski definition) is 2. The molecule has 6 rings (SSSR count). The number of hydrogen-bond acceptors (Lipinski definition) is 8. The number of esters is 2. The van der Waals surface area contributed by atoms with Gasteiger partial charge in [0.05, 0.1) is 5.52 Å². The third-order valence-corrected chi connectivity index (χ3v) is 8.39. The minimum Gasteiger partial charge on any atom is -0.418 e. The molecular formula is C27H25FN2O6S. The number of aromatic nitrogens is 1. The number of ether oxygens (including phenoxy) is 3. The molecule has 2 aliphatic heterocycles. The van der Waals surface area contributed by atoms with Crippen LogP contribution in [0.4, 0.5) is 10.2 Å². The molecule has 10 heteroatoms. The zero-order chi connectivity index (χ0) is 25.9. The highest BCUT2D eigenvalue weighted by Crippen LogP contribution is 2.41. The standard InChI is InChI=1S/C27H25FN2O6S/c1-14-11-16(23-12-17-19(28)5-3-8-22(17)37-23)9-10-30(14)24-13-18-20(29-24)6-4-7-21(18)34-27(15(2)31)35-25(32)26(33)36-27/h3-8,12-16,29,31H,9-11H2,1-2H3/t14-,15+,16-/m1/s1. The van der Waals surface area contributed by atoms with Gasteiger partial charge < -0.3 is 29.2 Å². The lowest BCUT2D eigenvalue weighted by molar-refractivity contribution is -0.313. The molecular weight excluding hydrogens is 499 g/mol. The number of H-pyrrole nitrogens is 1. The summed E-state index contributed by atoms with van der Waals surface area (Å²) in [6.07, 6.45) is 0.427. The molecule has 0 spiro atoms. The molecule has 0 radical (unpaired) electrons. The molecule has 3 atom stereocenters. The van der Waals surface area contributed by atoms with Crippen LogP contribution < -0.4 is 9.64 Å². The maximum Gasteiger partial charge on any atom is 0.449 e. The number of halogens is 1. The number of aliphatic hydroxyl groups excluding tert-OH is 1. The lowest BCUT2D eigenvalue weighted by atomic mass is 9.90. The van der Waals surface area contributed by atoms with E-state index in [9.17, 15) is 19.1 Å². The fourth-order valence-electron chi connectivity index (χ4n) is 5.20. The summed E-state index contributed by atoms with van der Waals surface area (Å²) in [7, 11) is 0. The molecule has 2 aromatic carbocycles. The van der Waals surface area contributed by atoms with Crippen LogP contribution >= 0.6 is 11.3 Å². The van der Waals surface area contributed by atoms with E-state index >= 15 is 0 Å². The first-order chi connectivity index (χ1) is 17.7. The summed E-state index contributed by atoms with van der Waals surface area (Å²) < 4.78 is 31.0. The molecule has 2 aromatic heterocycles. The van der Waals surface area contributed by atoms with E-state index in [1.807, 2.05) is 24.3 Å². The maximum absolute atomic E-state index is 14.2. The number of nitrogens with one attached hydrogen (secondary N) is 1. The van der Waals surface area contributed by atoms with Crippen molar-refractivity contribution in [2.24, 2.45) is 0 Å². The minimum atomic E-state index is -2.24. The topological polar surface area (TPSA) is 101 Å². The first-order valence-corrected chi connectivity index (χ1v) is 13.0. The smallest absolute Gasteiger partial charge is 0.418 e. The largest absolute Gasteiger partial charge is 0.449 e. The molecule has 0 amide bonds. The van der Waals surface area contributed by atoms with Gasteiger partial charge in [0, 0.05) is 32.9 Å². The van der Waals surface area contributed by atoms with Crippen molar-refractivity contribution in [1.29, 1.82) is 0 Å². The SMILES string of the molecule is C[C@@H]1C[C@H](c2cc3c(F)cccc3s2)CCN1c1cc2c(OC3([C@H](C)O)OC(=O)C(=O)O3)cccc2[nH]1. The Balaban J connectivity index is 1.25. The summed E-state index contributed by atoms with van der Waals surface area (Å²) in [5, 5.41) is 11.6. The molecule has 4 aromatic rings. The number of carbonyl (C=O) groups excluding carboxylic acids is 2. The number of benzene rings is 2. The van der Waals surface area contributed by atoms with Gasteiger partial charge in [-0.25, -0.2) is 14.0 Å². The molecule has 0 aliphatic carbocycles. The van der Waals surface area contributed by atoms with E-state index in [0.29, 0.717) is 22.4 Å². The minimum absolute atomic E-state index is 0.180. The number of nitrogens with zero attached hydrogens (tertiary/aromatic N) is 1. The van der Waals surface area contributed by atoms with Gasteiger partial charge in [-0.1, -0.05) is 12.1 Å². The van der Waals surface area contributed by atoms with Gasteiger partial charge in [-0.2, -0.15) is 0 Å². The predicted molar refractivity (Wildman–Crippen MR) is 136 cm³/mol. The normalized spacial score (nSPS) is 22.3. The van der Waals surface area contributed by atoms with Gasteiger partial charge in [0.25, 0.3) is 0 Å². The van der Waals surface area contributed by atoms with Gasteiger partial charge in [0.15, 0.2) is 6.10 Å². The van der Waals surface area contributed by atoms with Crippen molar-refractivity contribution in [2.45, 2.75) is 50.7 Å². The first kappa shape index (κ1) is 23.7. The molecule has 192 valence electrons. The van der Waals surface area contributed by atoms with E-state index in [2.05, 4.69) is 16.8 Å². The molecule has 0 saturated carbocycles. The predicted octanol–water partition coefficient (Wildman–Crippen LogP) is 4.81. The summed E-state index contributed by atoms with van der Waals surface area (Å²) in [5.74, 6) is -3.33. The van der Waals surface area contributed by atoms with Gasteiger partial charge in [-0.3, -0.25) is 0 Å². The zero-order valence-corrected chi connectivity index (χ0v) is 21.0. The fourth-order valence-corrected chi connectivity index (χ4v) is 6.43. The van der Waals surface area contributed by atoms with Crippen LogP contribution in [0.15, 0.2) is 48.5 Å². The number of piperidine rings is 1. The number of rotatable bonds is 5. The van der Waals surface area contributed by atoms with Crippen molar-refractivity contribution in [2.75, 3.05) is 11.4 Å². The summed E-state index contributed by atoms with van der Waals surface area (Å²) in [6.45, 7) is 4.28. The average molecular weight is 525 g/mol. The van der Waals surface area contributed by atoms with E-state index in [0.717, 1.165) is 35.4 Å². The van der Waals surface area contributed by atoms with Crippen LogP contribution in [0.3, 0.4) is 0 Å². The summed E-state index contributed by atoms with van der Waals surface area (Å²) in [6, 6.07) is 14.7. The Morgan fingerprint density at radius 1 is 1.16 bits per heavy atom. The highest BCUT2D eigenvalue weighted by atomic mass is 32.1. The van der Waals surface area contributed by atoms with Crippen LogP contribution in [0.2, 0.25) is 0 Å². The van der Waals surface area contributed by atoms with Crippen LogP contribution in [-0.2, 0) is 19.1 Å². The maximum atomic E-state index is 14.2. The number of aromatic amines is 1.